The highest BCUT2D eigenvalue weighted by molar-refractivity contribution is 14.1. The Morgan fingerprint density at radius 2 is 1.87 bits per heavy atom. The fourth-order valence-corrected chi connectivity index (χ4v) is 2.94. The van der Waals surface area contributed by atoms with Crippen LogP contribution in [0.25, 0.3) is 0 Å². The van der Waals surface area contributed by atoms with Gasteiger partial charge in [0.05, 0.1) is 4.90 Å². The van der Waals surface area contributed by atoms with E-state index in [2.05, 4.69) is 22.6 Å². The summed E-state index contributed by atoms with van der Waals surface area (Å²) in [6.07, 6.45) is 1.23. The molecule has 0 saturated heterocycles. The average molecular weight is 339 g/mol. The Morgan fingerprint density at radius 3 is 2.33 bits per heavy atom. The van der Waals surface area contributed by atoms with Crippen molar-refractivity contribution in [2.24, 2.45) is 0 Å². The van der Waals surface area contributed by atoms with Crippen LogP contribution in [0.2, 0.25) is 0 Å². The number of halogens is 1. The monoisotopic (exact) mass is 339 g/mol. The van der Waals surface area contributed by atoms with Crippen molar-refractivity contribution in [3.63, 3.8) is 0 Å². The van der Waals surface area contributed by atoms with Crippen LogP contribution in [0.3, 0.4) is 0 Å². The molecule has 5 heteroatoms. The van der Waals surface area contributed by atoms with Crippen LogP contribution in [0.5, 0.6) is 0 Å². The van der Waals surface area contributed by atoms with Crippen molar-refractivity contribution in [2.75, 3.05) is 20.4 Å². The first kappa shape index (κ1) is 12.9. The van der Waals surface area contributed by atoms with E-state index in [0.29, 0.717) is 4.90 Å². The van der Waals surface area contributed by atoms with Gasteiger partial charge in [-0.15, -0.1) is 0 Å². The fourth-order valence-electron chi connectivity index (χ4n) is 1.29. The van der Waals surface area contributed by atoms with Crippen molar-refractivity contribution in [3.05, 3.63) is 27.3 Å². The normalized spacial score (nSPS) is 12.1. The molecule has 0 unspecified atom stereocenters. The number of hydrogen-bond donors (Lipinski definition) is 0. The van der Waals surface area contributed by atoms with Gasteiger partial charge in [-0.1, -0.05) is 0 Å². The van der Waals surface area contributed by atoms with Crippen molar-refractivity contribution in [1.82, 2.24) is 4.90 Å². The lowest BCUT2D eigenvalue weighted by Crippen LogP contribution is -2.11. The van der Waals surface area contributed by atoms with Gasteiger partial charge in [0.15, 0.2) is 9.84 Å². The minimum absolute atomic E-state index is 0.395. The van der Waals surface area contributed by atoms with Crippen molar-refractivity contribution in [2.45, 2.75) is 11.4 Å². The molecule has 1 aromatic carbocycles. The molecule has 1 aromatic rings. The van der Waals surface area contributed by atoms with Gasteiger partial charge >= 0.3 is 0 Å². The van der Waals surface area contributed by atoms with Crippen LogP contribution >= 0.6 is 22.6 Å². The lowest BCUT2D eigenvalue weighted by atomic mass is 10.2. The maximum absolute atomic E-state index is 11.4. The summed E-state index contributed by atoms with van der Waals surface area (Å²) in [7, 11) is 0.810. The number of benzene rings is 1. The number of nitrogens with zero attached hydrogens (tertiary/aromatic N) is 1. The van der Waals surface area contributed by atoms with Crippen LogP contribution in [-0.4, -0.2) is 33.7 Å². The first-order valence-electron chi connectivity index (χ1n) is 4.43. The second kappa shape index (κ2) is 4.80. The van der Waals surface area contributed by atoms with Crippen molar-refractivity contribution in [1.29, 1.82) is 0 Å². The molecular formula is C10H14INO2S. The molecule has 3 nitrogen and oxygen atoms in total. The topological polar surface area (TPSA) is 37.4 Å². The molecule has 15 heavy (non-hydrogen) atoms. The van der Waals surface area contributed by atoms with E-state index in [1.54, 1.807) is 12.1 Å². The number of sulfone groups is 1. The van der Waals surface area contributed by atoms with Gasteiger partial charge in [-0.25, -0.2) is 8.42 Å². The molecule has 0 heterocycles. The molecule has 84 valence electrons. The minimum atomic E-state index is -3.11. The lowest BCUT2D eigenvalue weighted by Gasteiger charge is -2.11. The molecule has 0 N–H and O–H groups in total. The zero-order valence-electron chi connectivity index (χ0n) is 8.99. The van der Waals surface area contributed by atoms with Crippen LogP contribution in [0.4, 0.5) is 0 Å². The molecular weight excluding hydrogens is 325 g/mol. The van der Waals surface area contributed by atoms with E-state index in [0.717, 1.165) is 15.7 Å². The third kappa shape index (κ3) is 4.08. The molecule has 0 amide bonds. The maximum Gasteiger partial charge on any atom is 0.175 e. The van der Waals surface area contributed by atoms with E-state index in [4.69, 9.17) is 0 Å². The van der Waals surface area contributed by atoms with Gasteiger partial charge in [-0.2, -0.15) is 0 Å². The Balaban J connectivity index is 3.17. The Bertz CT molecular complexity index is 454. The smallest absolute Gasteiger partial charge is 0.175 e. The molecule has 0 aliphatic carbocycles. The second-order valence-electron chi connectivity index (χ2n) is 3.81. The zero-order chi connectivity index (χ0) is 11.6. The molecule has 0 aromatic heterocycles. The first-order chi connectivity index (χ1) is 6.79. The summed E-state index contributed by atoms with van der Waals surface area (Å²) in [5.41, 5.74) is 1.02. The third-order valence-electron chi connectivity index (χ3n) is 1.86. The number of hydrogen-bond acceptors (Lipinski definition) is 3. The van der Waals surface area contributed by atoms with E-state index in [1.807, 2.05) is 25.1 Å². The van der Waals surface area contributed by atoms with Crippen LogP contribution in [0.15, 0.2) is 23.1 Å². The molecule has 0 fully saturated rings. The summed E-state index contributed by atoms with van der Waals surface area (Å²) in [6.45, 7) is 0.749. The Morgan fingerprint density at radius 1 is 1.27 bits per heavy atom. The average Bonchev–Trinajstić information content (AvgIpc) is 1.99. The van der Waals surface area contributed by atoms with Crippen LogP contribution in [0, 0.1) is 3.57 Å². The molecule has 0 aliphatic heterocycles. The summed E-state index contributed by atoms with van der Waals surface area (Å²) >= 11 is 2.13. The first-order valence-corrected chi connectivity index (χ1v) is 7.40. The van der Waals surface area contributed by atoms with Gasteiger partial charge in [0.2, 0.25) is 0 Å². The van der Waals surface area contributed by atoms with Crippen molar-refractivity contribution >= 4 is 32.4 Å². The largest absolute Gasteiger partial charge is 0.305 e. The van der Waals surface area contributed by atoms with Gasteiger partial charge < -0.3 is 4.90 Å². The van der Waals surface area contributed by atoms with E-state index in [1.165, 1.54) is 6.26 Å². The molecule has 0 spiro atoms. The summed E-state index contributed by atoms with van der Waals surface area (Å²) in [6, 6.07) is 5.42. The molecule has 0 atom stereocenters. The predicted octanol–water partition coefficient (Wildman–Crippen LogP) is 1.76. The molecule has 1 rings (SSSR count). The van der Waals surface area contributed by atoms with Crippen molar-refractivity contribution in [3.8, 4) is 0 Å². The summed E-state index contributed by atoms with van der Waals surface area (Å²) in [4.78, 5) is 2.41. The molecule has 0 radical (unpaired) electrons. The van der Waals surface area contributed by atoms with E-state index in [-0.39, 0.29) is 0 Å². The molecule has 0 saturated carbocycles. The van der Waals surface area contributed by atoms with E-state index >= 15 is 0 Å². The second-order valence-corrected chi connectivity index (χ2v) is 7.07. The van der Waals surface area contributed by atoms with E-state index in [9.17, 15) is 8.42 Å². The van der Waals surface area contributed by atoms with Gasteiger partial charge in [0, 0.05) is 16.4 Å². The summed E-state index contributed by atoms with van der Waals surface area (Å²) in [5.74, 6) is 0. The highest BCUT2D eigenvalue weighted by Gasteiger charge is 2.09. The molecule has 0 bridgehead atoms. The summed E-state index contributed by atoms with van der Waals surface area (Å²) < 4.78 is 23.8. The van der Waals surface area contributed by atoms with Gasteiger partial charge in [0.1, 0.15) is 0 Å². The Hall–Kier alpha value is -0.140. The highest BCUT2D eigenvalue weighted by atomic mass is 127. The standard InChI is InChI=1S/C10H14INO2S/c1-12(2)7-8-4-9(11)6-10(5-8)15(3,13)14/h4-6H,7H2,1-3H3. The minimum Gasteiger partial charge on any atom is -0.305 e. The molecule has 0 aliphatic rings. The Kier molecular flexibility index (Phi) is 4.13. The maximum atomic E-state index is 11.4. The lowest BCUT2D eigenvalue weighted by molar-refractivity contribution is 0.402. The van der Waals surface area contributed by atoms with Gasteiger partial charge in [-0.3, -0.25) is 0 Å². The van der Waals surface area contributed by atoms with Gasteiger partial charge in [-0.05, 0) is 60.4 Å². The third-order valence-corrected chi connectivity index (χ3v) is 3.57. The number of rotatable bonds is 3. The summed E-state index contributed by atoms with van der Waals surface area (Å²) in [5, 5.41) is 0. The quantitative estimate of drug-likeness (QED) is 0.788. The predicted molar refractivity (Wildman–Crippen MR) is 69.7 cm³/mol. The fraction of sp³-hybridized carbons (Fsp3) is 0.400. The Labute approximate surface area is 105 Å². The van der Waals surface area contributed by atoms with Crippen LogP contribution in [-0.2, 0) is 16.4 Å². The van der Waals surface area contributed by atoms with Crippen molar-refractivity contribution < 1.29 is 8.42 Å². The zero-order valence-corrected chi connectivity index (χ0v) is 12.0. The van der Waals surface area contributed by atoms with Crippen LogP contribution < -0.4 is 0 Å². The highest BCUT2D eigenvalue weighted by Crippen LogP contribution is 2.17. The van der Waals surface area contributed by atoms with E-state index < -0.39 is 9.84 Å². The van der Waals surface area contributed by atoms with Crippen LogP contribution in [0.1, 0.15) is 5.56 Å². The van der Waals surface area contributed by atoms with Gasteiger partial charge in [0.25, 0.3) is 0 Å². The SMILES string of the molecule is CN(C)Cc1cc(I)cc(S(C)(=O)=O)c1.